The van der Waals surface area contributed by atoms with E-state index in [0.717, 1.165) is 19.5 Å². The van der Waals surface area contributed by atoms with Crippen LogP contribution in [0.4, 0.5) is 5.69 Å². The first kappa shape index (κ1) is 24.1. The van der Waals surface area contributed by atoms with Gasteiger partial charge in [0.1, 0.15) is 5.75 Å². The van der Waals surface area contributed by atoms with Crippen LogP contribution in [0.3, 0.4) is 0 Å². The number of nitrogens with two attached hydrogens (primary N) is 1. The molecule has 0 aromatic heterocycles. The Morgan fingerprint density at radius 1 is 1.40 bits per heavy atom. The Balaban J connectivity index is 0.00000288. The van der Waals surface area contributed by atoms with Gasteiger partial charge in [0, 0.05) is 25.2 Å². The van der Waals surface area contributed by atoms with E-state index in [0.29, 0.717) is 34.6 Å². The van der Waals surface area contributed by atoms with Crippen molar-refractivity contribution in [2.75, 3.05) is 32.5 Å². The Morgan fingerprint density at radius 3 is 2.76 bits per heavy atom. The maximum atomic E-state index is 12.3. The predicted octanol–water partition coefficient (Wildman–Crippen LogP) is 3.77. The lowest BCUT2D eigenvalue weighted by Gasteiger charge is -2.33. The van der Waals surface area contributed by atoms with Crippen LogP contribution in [-0.4, -0.2) is 43.6 Å². The van der Waals surface area contributed by atoms with Crippen LogP contribution in [-0.2, 0) is 0 Å². The lowest BCUT2D eigenvalue weighted by atomic mass is 10.0. The highest BCUT2D eigenvalue weighted by Gasteiger charge is 2.18. The van der Waals surface area contributed by atoms with Crippen LogP contribution in [0.15, 0.2) is 12.1 Å². The summed E-state index contributed by atoms with van der Waals surface area (Å²) in [6.07, 6.45) is 4.80. The molecule has 1 fully saturated rings. The number of rotatable bonds is 6. The average Bonchev–Trinajstić information content (AvgIpc) is 2.55. The molecule has 1 heterocycles. The third-order valence-corrected chi connectivity index (χ3v) is 4.74. The van der Waals surface area contributed by atoms with Crippen LogP contribution in [0.5, 0.6) is 5.75 Å². The molecule has 1 unspecified atom stereocenters. The van der Waals surface area contributed by atoms with Crippen molar-refractivity contribution in [2.24, 2.45) is 0 Å². The van der Waals surface area contributed by atoms with Gasteiger partial charge in [-0.2, -0.15) is 0 Å². The number of halogens is 3. The molecule has 1 aromatic carbocycles. The van der Waals surface area contributed by atoms with Crippen molar-refractivity contribution in [3.05, 3.63) is 22.7 Å². The van der Waals surface area contributed by atoms with Crippen molar-refractivity contribution in [2.45, 2.75) is 38.6 Å². The number of hydrogen-bond acceptors (Lipinski definition) is 4. The number of carbonyl (C=O) groups is 1. The first-order valence-electron chi connectivity index (χ1n) is 8.18. The van der Waals surface area contributed by atoms with E-state index in [1.165, 1.54) is 26.4 Å². The van der Waals surface area contributed by atoms with E-state index >= 15 is 0 Å². The summed E-state index contributed by atoms with van der Waals surface area (Å²) < 4.78 is 5.21. The third-order valence-electron chi connectivity index (χ3n) is 4.41. The lowest BCUT2D eigenvalue weighted by molar-refractivity contribution is 0.0946. The van der Waals surface area contributed by atoms with E-state index in [1.54, 1.807) is 12.1 Å². The Morgan fingerprint density at radius 2 is 2.12 bits per heavy atom. The van der Waals surface area contributed by atoms with Crippen molar-refractivity contribution < 1.29 is 9.53 Å². The van der Waals surface area contributed by atoms with Crippen LogP contribution in [0.1, 0.15) is 43.0 Å². The van der Waals surface area contributed by atoms with Crippen LogP contribution in [0, 0.1) is 0 Å². The Bertz CT molecular complexity index is 558. The molecule has 1 aliphatic heterocycles. The zero-order valence-corrected chi connectivity index (χ0v) is 17.1. The normalized spacial score (nSPS) is 17.2. The molecule has 0 radical (unpaired) electrons. The molecule has 0 aliphatic carbocycles. The minimum absolute atomic E-state index is 0. The highest BCUT2D eigenvalue weighted by Crippen LogP contribution is 2.28. The van der Waals surface area contributed by atoms with Gasteiger partial charge >= 0.3 is 0 Å². The van der Waals surface area contributed by atoms with Crippen LogP contribution < -0.4 is 15.8 Å². The fourth-order valence-electron chi connectivity index (χ4n) is 2.98. The zero-order valence-electron chi connectivity index (χ0n) is 14.7. The molecule has 1 aliphatic rings. The zero-order chi connectivity index (χ0) is 16.8. The van der Waals surface area contributed by atoms with Gasteiger partial charge in [0.2, 0.25) is 0 Å². The third kappa shape index (κ3) is 6.74. The molecule has 0 saturated carbocycles. The largest absolute Gasteiger partial charge is 0.496 e. The number of nitrogens with zero attached hydrogens (tertiary/aromatic N) is 1. The molecule has 0 bridgehead atoms. The topological polar surface area (TPSA) is 67.6 Å². The van der Waals surface area contributed by atoms with Crippen LogP contribution in [0.2, 0.25) is 5.02 Å². The number of methoxy groups -OCH3 is 1. The second-order valence-corrected chi connectivity index (χ2v) is 6.47. The summed E-state index contributed by atoms with van der Waals surface area (Å²) >= 11 is 6.00. The molecule has 2 rings (SSSR count). The predicted molar refractivity (Wildman–Crippen MR) is 109 cm³/mol. The molecule has 1 atom stereocenters. The standard InChI is InChI=1S/C17H26ClN3O2.2ClH/c1-12-6-3-4-8-21(12)9-5-7-20-17(22)13-10-14(18)15(19)11-16(13)23-2;;/h10-12H,3-9,19H2,1-2H3,(H,20,22);2*1H. The van der Waals surface area contributed by atoms with Gasteiger partial charge in [0.05, 0.1) is 23.4 Å². The van der Waals surface area contributed by atoms with E-state index in [2.05, 4.69) is 17.1 Å². The molecule has 0 spiro atoms. The van der Waals surface area contributed by atoms with Crippen molar-refractivity contribution in [1.82, 2.24) is 10.2 Å². The SMILES string of the molecule is COc1cc(N)c(Cl)cc1C(=O)NCCCN1CCCCC1C.Cl.Cl. The van der Waals surface area contributed by atoms with Gasteiger partial charge in [-0.25, -0.2) is 0 Å². The fraction of sp³-hybridized carbons (Fsp3) is 0.588. The smallest absolute Gasteiger partial charge is 0.255 e. The van der Waals surface area contributed by atoms with E-state index in [9.17, 15) is 4.79 Å². The summed E-state index contributed by atoms with van der Waals surface area (Å²) in [5.74, 6) is 0.254. The minimum atomic E-state index is -0.185. The number of likely N-dealkylation sites (tertiary alicyclic amines) is 1. The van der Waals surface area contributed by atoms with Crippen molar-refractivity contribution in [3.8, 4) is 5.75 Å². The number of ether oxygens (including phenoxy) is 1. The van der Waals surface area contributed by atoms with Gasteiger partial charge in [-0.3, -0.25) is 4.79 Å². The molecule has 3 N–H and O–H groups in total. The van der Waals surface area contributed by atoms with Crippen molar-refractivity contribution in [3.63, 3.8) is 0 Å². The molecule has 8 heteroatoms. The molecule has 1 amide bonds. The summed E-state index contributed by atoms with van der Waals surface area (Å²) in [7, 11) is 1.51. The number of amides is 1. The number of carbonyl (C=O) groups excluding carboxylic acids is 1. The molecule has 1 aromatic rings. The van der Waals surface area contributed by atoms with Gasteiger partial charge in [0.15, 0.2) is 0 Å². The quantitative estimate of drug-likeness (QED) is 0.551. The molecular weight excluding hydrogens is 385 g/mol. The van der Waals surface area contributed by atoms with Crippen molar-refractivity contribution in [1.29, 1.82) is 0 Å². The summed E-state index contributed by atoms with van der Waals surface area (Å²) in [6.45, 7) is 5.09. The van der Waals surface area contributed by atoms with Gasteiger partial charge in [-0.1, -0.05) is 18.0 Å². The number of hydrogen-bond donors (Lipinski definition) is 2. The van der Waals surface area contributed by atoms with Crippen LogP contribution >= 0.6 is 36.4 Å². The fourth-order valence-corrected chi connectivity index (χ4v) is 3.15. The second-order valence-electron chi connectivity index (χ2n) is 6.06. The van der Waals surface area contributed by atoms with E-state index in [4.69, 9.17) is 22.1 Å². The summed E-state index contributed by atoms with van der Waals surface area (Å²) in [4.78, 5) is 14.8. The maximum absolute atomic E-state index is 12.3. The van der Waals surface area contributed by atoms with Gasteiger partial charge in [-0.15, -0.1) is 24.8 Å². The molecule has 144 valence electrons. The number of anilines is 1. The van der Waals surface area contributed by atoms with Gasteiger partial charge in [-0.05, 0) is 38.8 Å². The number of piperidine rings is 1. The van der Waals surface area contributed by atoms with Gasteiger partial charge < -0.3 is 20.7 Å². The second kappa shape index (κ2) is 11.7. The molecule has 25 heavy (non-hydrogen) atoms. The monoisotopic (exact) mass is 411 g/mol. The van der Waals surface area contributed by atoms with E-state index in [1.807, 2.05) is 0 Å². The van der Waals surface area contributed by atoms with Crippen LogP contribution in [0.25, 0.3) is 0 Å². The highest BCUT2D eigenvalue weighted by atomic mass is 35.5. The minimum Gasteiger partial charge on any atom is -0.496 e. The summed E-state index contributed by atoms with van der Waals surface area (Å²) in [6, 6.07) is 3.78. The lowest BCUT2D eigenvalue weighted by Crippen LogP contribution is -2.39. The first-order valence-corrected chi connectivity index (χ1v) is 8.56. The average molecular weight is 413 g/mol. The number of benzene rings is 1. The van der Waals surface area contributed by atoms with Gasteiger partial charge in [0.25, 0.3) is 5.91 Å². The highest BCUT2D eigenvalue weighted by molar-refractivity contribution is 6.33. The Labute approximate surface area is 167 Å². The molecule has 5 nitrogen and oxygen atoms in total. The van der Waals surface area contributed by atoms with E-state index in [-0.39, 0.29) is 30.7 Å². The van der Waals surface area contributed by atoms with E-state index < -0.39 is 0 Å². The summed E-state index contributed by atoms with van der Waals surface area (Å²) in [5.41, 5.74) is 6.55. The molecular formula is C17H28Cl3N3O2. The van der Waals surface area contributed by atoms with Crippen molar-refractivity contribution >= 4 is 48.0 Å². The molecule has 1 saturated heterocycles. The summed E-state index contributed by atoms with van der Waals surface area (Å²) in [5, 5.41) is 3.29. The number of nitrogens with one attached hydrogen (secondary N) is 1. The first-order chi connectivity index (χ1) is 11.0. The Hall–Kier alpha value is -0.880. The maximum Gasteiger partial charge on any atom is 0.255 e. The Kier molecular flexibility index (Phi) is 11.3. The number of nitrogen functional groups attached to an aromatic ring is 1.